The van der Waals surface area contributed by atoms with E-state index in [0.717, 1.165) is 22.4 Å². The van der Waals surface area contributed by atoms with Crippen molar-refractivity contribution in [3.05, 3.63) is 77.2 Å². The van der Waals surface area contributed by atoms with Crippen LogP contribution in [-0.2, 0) is 20.7 Å². The maximum atomic E-state index is 15.1. The van der Waals surface area contributed by atoms with Crippen LogP contribution in [-0.4, -0.2) is 37.9 Å². The number of pyridine rings is 1. The lowest BCUT2D eigenvalue weighted by Crippen LogP contribution is -2.44. The first-order chi connectivity index (χ1) is 18.9. The van der Waals surface area contributed by atoms with Crippen molar-refractivity contribution in [1.82, 2.24) is 4.98 Å². The Labute approximate surface area is 228 Å². The van der Waals surface area contributed by atoms with Crippen LogP contribution in [0.4, 0.5) is 4.39 Å². The van der Waals surface area contributed by atoms with Gasteiger partial charge in [-0.3, -0.25) is 9.78 Å². The summed E-state index contributed by atoms with van der Waals surface area (Å²) in [4.78, 5) is 16.4. The van der Waals surface area contributed by atoms with Crippen LogP contribution in [0.2, 0.25) is 0 Å². The van der Waals surface area contributed by atoms with Crippen LogP contribution in [0, 0.1) is 23.1 Å². The van der Waals surface area contributed by atoms with Crippen LogP contribution in [0.1, 0.15) is 55.4 Å². The molecule has 6 nitrogen and oxygen atoms in total. The van der Waals surface area contributed by atoms with Crippen molar-refractivity contribution in [2.24, 2.45) is 5.41 Å². The molecule has 2 aromatic carbocycles. The van der Waals surface area contributed by atoms with Crippen molar-refractivity contribution in [1.29, 1.82) is 0 Å². The fourth-order valence-corrected chi connectivity index (χ4v) is 5.07. The molecule has 1 aromatic heterocycles. The van der Waals surface area contributed by atoms with Crippen molar-refractivity contribution in [3.63, 3.8) is 0 Å². The van der Waals surface area contributed by atoms with Gasteiger partial charge in [-0.05, 0) is 67.3 Å². The number of halogens is 1. The van der Waals surface area contributed by atoms with Crippen molar-refractivity contribution >= 4 is 5.97 Å². The van der Waals surface area contributed by atoms with Crippen LogP contribution in [0.15, 0.2) is 54.7 Å². The SMILES string of the molecule is CC#CC(CC(=O)OC)c1ccc(O[C@@H]2CCc3c(-c4ccc(OCC5(C)COC5)cn4)ccc(F)c32)cc1. The Morgan fingerprint density at radius 1 is 1.15 bits per heavy atom. The average Bonchev–Trinajstić information content (AvgIpc) is 3.36. The third-order valence-electron chi connectivity index (χ3n) is 7.26. The fourth-order valence-electron chi connectivity index (χ4n) is 5.07. The standard InChI is InChI=1S/C32H32FNO5/c1-4-5-22(16-30(35)36-3)21-6-8-23(9-7-21)39-29-15-12-26-25(11-13-27(33)31(26)29)28-14-10-24(17-34-28)38-20-32(2)18-37-19-32/h6-11,13-14,17,22,29H,12,15-16,18-20H2,1-3H3/t22?,29-/m1/s1. The highest BCUT2D eigenvalue weighted by Crippen LogP contribution is 2.41. The molecule has 0 radical (unpaired) electrons. The Bertz CT molecular complexity index is 1390. The van der Waals surface area contributed by atoms with Gasteiger partial charge in [0.2, 0.25) is 0 Å². The molecule has 0 saturated carbocycles. The van der Waals surface area contributed by atoms with Gasteiger partial charge >= 0.3 is 5.97 Å². The van der Waals surface area contributed by atoms with E-state index in [0.29, 0.717) is 49.7 Å². The Morgan fingerprint density at radius 3 is 2.56 bits per heavy atom. The predicted octanol–water partition coefficient (Wildman–Crippen LogP) is 6.04. The van der Waals surface area contributed by atoms with Crippen LogP contribution in [0.5, 0.6) is 11.5 Å². The van der Waals surface area contributed by atoms with E-state index < -0.39 is 6.10 Å². The zero-order chi connectivity index (χ0) is 27.4. The second-order valence-corrected chi connectivity index (χ2v) is 10.4. The van der Waals surface area contributed by atoms with Crippen molar-refractivity contribution < 1.29 is 28.1 Å². The van der Waals surface area contributed by atoms with Crippen LogP contribution >= 0.6 is 0 Å². The van der Waals surface area contributed by atoms with E-state index in [1.165, 1.54) is 13.2 Å². The molecule has 2 atom stereocenters. The molecule has 1 fully saturated rings. The van der Waals surface area contributed by atoms with Crippen molar-refractivity contribution in [2.45, 2.75) is 45.1 Å². The van der Waals surface area contributed by atoms with Crippen molar-refractivity contribution in [3.8, 4) is 34.6 Å². The van der Waals surface area contributed by atoms with Gasteiger partial charge in [0.05, 0.1) is 51.2 Å². The normalized spacial score (nSPS) is 17.7. The molecule has 0 bridgehead atoms. The molecule has 1 aliphatic heterocycles. The van der Waals surface area contributed by atoms with Crippen LogP contribution in [0.25, 0.3) is 11.3 Å². The molecule has 5 rings (SSSR count). The van der Waals surface area contributed by atoms with Gasteiger partial charge in [0.25, 0.3) is 0 Å². The lowest BCUT2D eigenvalue weighted by Gasteiger charge is -2.37. The van der Waals surface area contributed by atoms with Crippen LogP contribution in [0.3, 0.4) is 0 Å². The summed E-state index contributed by atoms with van der Waals surface area (Å²) in [6, 6.07) is 14.6. The lowest BCUT2D eigenvalue weighted by atomic mass is 9.90. The minimum Gasteiger partial charge on any atom is -0.491 e. The minimum absolute atomic E-state index is 0.0557. The van der Waals surface area contributed by atoms with Gasteiger partial charge in [0, 0.05) is 16.5 Å². The monoisotopic (exact) mass is 529 g/mol. The first-order valence-electron chi connectivity index (χ1n) is 13.1. The summed E-state index contributed by atoms with van der Waals surface area (Å²) >= 11 is 0. The summed E-state index contributed by atoms with van der Waals surface area (Å²) < 4.78 is 37.3. The molecule has 7 heteroatoms. The number of carbonyl (C=O) groups is 1. The molecule has 1 unspecified atom stereocenters. The molecule has 2 heterocycles. The molecule has 3 aromatic rings. The van der Waals surface area contributed by atoms with E-state index in [1.54, 1.807) is 19.2 Å². The number of methoxy groups -OCH3 is 1. The molecule has 1 saturated heterocycles. The van der Waals surface area contributed by atoms with E-state index in [9.17, 15) is 4.79 Å². The first-order valence-corrected chi connectivity index (χ1v) is 13.1. The molecule has 202 valence electrons. The largest absolute Gasteiger partial charge is 0.491 e. The molecular weight excluding hydrogens is 497 g/mol. The number of hydrogen-bond donors (Lipinski definition) is 0. The molecular formula is C32H32FNO5. The summed E-state index contributed by atoms with van der Waals surface area (Å²) in [5, 5.41) is 0. The number of fused-ring (bicyclic) bond motifs is 1. The van der Waals surface area contributed by atoms with E-state index in [-0.39, 0.29) is 29.5 Å². The van der Waals surface area contributed by atoms with Gasteiger partial charge in [-0.15, -0.1) is 5.92 Å². The molecule has 0 N–H and O–H groups in total. The number of carbonyl (C=O) groups excluding carboxylic acids is 1. The Hall–Kier alpha value is -3.89. The third kappa shape index (κ3) is 5.91. The Kier molecular flexibility index (Phi) is 7.85. The zero-order valence-electron chi connectivity index (χ0n) is 22.5. The van der Waals surface area contributed by atoms with E-state index in [1.807, 2.05) is 36.4 Å². The second-order valence-electron chi connectivity index (χ2n) is 10.4. The molecule has 1 aliphatic carbocycles. The molecule has 2 aliphatic rings. The quantitative estimate of drug-likeness (QED) is 0.249. The van der Waals surface area contributed by atoms with Gasteiger partial charge in [-0.2, -0.15) is 0 Å². The number of benzene rings is 2. The molecule has 0 spiro atoms. The smallest absolute Gasteiger partial charge is 0.307 e. The molecule has 0 amide bonds. The van der Waals surface area contributed by atoms with E-state index in [4.69, 9.17) is 18.9 Å². The Balaban J connectivity index is 1.30. The Morgan fingerprint density at radius 2 is 1.92 bits per heavy atom. The number of ether oxygens (including phenoxy) is 4. The maximum Gasteiger partial charge on any atom is 0.307 e. The highest BCUT2D eigenvalue weighted by molar-refractivity contribution is 5.71. The van der Waals surface area contributed by atoms with E-state index >= 15 is 4.39 Å². The second kappa shape index (κ2) is 11.5. The van der Waals surface area contributed by atoms with Gasteiger partial charge in [-0.25, -0.2) is 4.39 Å². The third-order valence-corrected chi connectivity index (χ3v) is 7.26. The average molecular weight is 530 g/mol. The minimum atomic E-state index is -0.403. The number of aromatic nitrogens is 1. The van der Waals surface area contributed by atoms with Gasteiger partial charge < -0.3 is 18.9 Å². The summed E-state index contributed by atoms with van der Waals surface area (Å²) in [7, 11) is 1.37. The predicted molar refractivity (Wildman–Crippen MR) is 145 cm³/mol. The molecule has 39 heavy (non-hydrogen) atoms. The van der Waals surface area contributed by atoms with Crippen molar-refractivity contribution in [2.75, 3.05) is 26.9 Å². The maximum absolute atomic E-state index is 15.1. The fraction of sp³-hybridized carbons (Fsp3) is 0.375. The summed E-state index contributed by atoms with van der Waals surface area (Å²) in [6.07, 6.45) is 2.85. The van der Waals surface area contributed by atoms with Gasteiger partial charge in [-0.1, -0.05) is 25.0 Å². The highest BCUT2D eigenvalue weighted by atomic mass is 19.1. The summed E-state index contributed by atoms with van der Waals surface area (Å²) in [5.41, 5.74) is 4.14. The zero-order valence-corrected chi connectivity index (χ0v) is 22.5. The van der Waals surface area contributed by atoms with Gasteiger partial charge in [0.1, 0.15) is 23.4 Å². The summed E-state index contributed by atoms with van der Waals surface area (Å²) in [5.74, 6) is 6.42. The highest BCUT2D eigenvalue weighted by Gasteiger charge is 2.34. The number of hydrogen-bond acceptors (Lipinski definition) is 6. The number of nitrogens with zero attached hydrogens (tertiary/aromatic N) is 1. The van der Waals surface area contributed by atoms with Crippen LogP contribution < -0.4 is 9.47 Å². The topological polar surface area (TPSA) is 66.9 Å². The number of rotatable bonds is 9. The number of esters is 1. The lowest BCUT2D eigenvalue weighted by molar-refractivity contribution is -0.140. The van der Waals surface area contributed by atoms with E-state index in [2.05, 4.69) is 23.7 Å². The van der Waals surface area contributed by atoms with Gasteiger partial charge in [0.15, 0.2) is 0 Å². The first kappa shape index (κ1) is 26.7. The summed E-state index contributed by atoms with van der Waals surface area (Å²) in [6.45, 7) is 5.87.